The van der Waals surface area contributed by atoms with Gasteiger partial charge in [-0.05, 0) is 24.5 Å². The van der Waals surface area contributed by atoms with E-state index in [0.717, 1.165) is 11.1 Å². The highest BCUT2D eigenvalue weighted by Gasteiger charge is 2.03. The Morgan fingerprint density at radius 1 is 1.32 bits per heavy atom. The molecule has 0 fully saturated rings. The first kappa shape index (κ1) is 15.0. The molecule has 1 aromatic carbocycles. The maximum atomic E-state index is 11.4. The third-order valence-electron chi connectivity index (χ3n) is 2.53. The Labute approximate surface area is 111 Å². The highest BCUT2D eigenvalue weighted by atomic mass is 16.6. The summed E-state index contributed by atoms with van der Waals surface area (Å²) in [6, 6.07) is 7.74. The molecule has 104 valence electrons. The summed E-state index contributed by atoms with van der Waals surface area (Å²) in [5, 5.41) is 10.5. The molecule has 0 aliphatic heterocycles. The molecule has 0 aliphatic carbocycles. The Morgan fingerprint density at radius 3 is 2.74 bits per heavy atom. The van der Waals surface area contributed by atoms with Gasteiger partial charge in [0.1, 0.15) is 6.61 Å². The summed E-state index contributed by atoms with van der Waals surface area (Å²) < 4.78 is 0. The number of benzene rings is 1. The second kappa shape index (κ2) is 8.10. The maximum Gasteiger partial charge on any atom is 0.404 e. The van der Waals surface area contributed by atoms with E-state index >= 15 is 0 Å². The molecule has 0 atom stereocenters. The number of amides is 2. The Hall–Kier alpha value is -2.08. The minimum absolute atomic E-state index is 0.216. The number of hydroxylamine groups is 1. The Balaban J connectivity index is 2.14. The number of carbonyl (C=O) groups excluding carboxylic acids is 1. The van der Waals surface area contributed by atoms with Crippen molar-refractivity contribution in [1.29, 1.82) is 0 Å². The molecule has 2 amide bonds. The monoisotopic (exact) mass is 266 g/mol. The zero-order valence-electron chi connectivity index (χ0n) is 10.8. The topological polar surface area (TPSA) is 87.7 Å². The number of rotatable bonds is 7. The van der Waals surface area contributed by atoms with E-state index in [1.54, 1.807) is 0 Å². The van der Waals surface area contributed by atoms with E-state index in [2.05, 4.69) is 10.8 Å². The molecular weight excluding hydrogens is 248 g/mol. The molecule has 0 heterocycles. The lowest BCUT2D eigenvalue weighted by molar-refractivity contribution is -0.134. The van der Waals surface area contributed by atoms with Crippen molar-refractivity contribution in [3.8, 4) is 0 Å². The summed E-state index contributed by atoms with van der Waals surface area (Å²) >= 11 is 0. The summed E-state index contributed by atoms with van der Waals surface area (Å²) in [4.78, 5) is 26.6. The zero-order chi connectivity index (χ0) is 14.1. The fourth-order valence-electron chi connectivity index (χ4n) is 1.46. The predicted molar refractivity (Wildman–Crippen MR) is 69.4 cm³/mol. The first-order chi connectivity index (χ1) is 9.09. The molecule has 0 aliphatic rings. The van der Waals surface area contributed by atoms with Gasteiger partial charge in [0.25, 0.3) is 0 Å². The Kier molecular flexibility index (Phi) is 6.38. The summed E-state index contributed by atoms with van der Waals surface area (Å²) in [5.41, 5.74) is 4.44. The van der Waals surface area contributed by atoms with Crippen molar-refractivity contribution in [3.05, 3.63) is 35.4 Å². The summed E-state index contributed by atoms with van der Waals surface area (Å²) in [6.45, 7) is 2.53. The van der Waals surface area contributed by atoms with E-state index in [-0.39, 0.29) is 18.9 Å². The molecule has 3 N–H and O–H groups in total. The molecule has 0 bridgehead atoms. The van der Waals surface area contributed by atoms with Gasteiger partial charge in [0, 0.05) is 13.0 Å². The van der Waals surface area contributed by atoms with Crippen molar-refractivity contribution in [2.45, 2.75) is 26.4 Å². The van der Waals surface area contributed by atoms with Crippen LogP contribution in [-0.2, 0) is 16.2 Å². The lowest BCUT2D eigenvalue weighted by atomic mass is 10.1. The normalized spacial score (nSPS) is 9.95. The molecule has 6 nitrogen and oxygen atoms in total. The lowest BCUT2D eigenvalue weighted by Crippen LogP contribution is -2.26. The van der Waals surface area contributed by atoms with Crippen LogP contribution in [0.4, 0.5) is 4.79 Å². The minimum Gasteiger partial charge on any atom is -0.465 e. The largest absolute Gasteiger partial charge is 0.465 e. The molecule has 1 rings (SSSR count). The van der Waals surface area contributed by atoms with Crippen molar-refractivity contribution < 1.29 is 19.5 Å². The Bertz CT molecular complexity index is 434. The number of nitrogens with one attached hydrogen (secondary N) is 2. The van der Waals surface area contributed by atoms with Crippen LogP contribution in [0.2, 0.25) is 0 Å². The summed E-state index contributed by atoms with van der Waals surface area (Å²) in [5.74, 6) is -0.263. The van der Waals surface area contributed by atoms with Crippen LogP contribution in [0.5, 0.6) is 0 Å². The zero-order valence-corrected chi connectivity index (χ0v) is 10.8. The van der Waals surface area contributed by atoms with Crippen LogP contribution in [-0.4, -0.2) is 23.7 Å². The molecule has 0 unspecified atom stereocenters. The number of carbonyl (C=O) groups is 2. The van der Waals surface area contributed by atoms with Crippen LogP contribution < -0.4 is 10.8 Å². The highest BCUT2D eigenvalue weighted by Crippen LogP contribution is 2.07. The molecule has 0 aromatic heterocycles. The number of carboxylic acid groups (broad SMARTS) is 1. The van der Waals surface area contributed by atoms with Crippen LogP contribution in [0.1, 0.15) is 24.0 Å². The number of hydrogen-bond acceptors (Lipinski definition) is 3. The maximum absolute atomic E-state index is 11.4. The van der Waals surface area contributed by atoms with Crippen molar-refractivity contribution in [2.24, 2.45) is 0 Å². The minimum atomic E-state index is -1.09. The van der Waals surface area contributed by atoms with Crippen molar-refractivity contribution in [1.82, 2.24) is 10.8 Å². The van der Waals surface area contributed by atoms with Crippen LogP contribution in [0, 0.1) is 6.92 Å². The van der Waals surface area contributed by atoms with Crippen LogP contribution in [0.15, 0.2) is 24.3 Å². The van der Waals surface area contributed by atoms with Gasteiger partial charge in [0.15, 0.2) is 0 Å². The third-order valence-corrected chi connectivity index (χ3v) is 2.53. The van der Waals surface area contributed by atoms with Crippen molar-refractivity contribution >= 4 is 12.0 Å². The van der Waals surface area contributed by atoms with E-state index in [0.29, 0.717) is 13.0 Å². The van der Waals surface area contributed by atoms with Crippen LogP contribution in [0.3, 0.4) is 0 Å². The quantitative estimate of drug-likeness (QED) is 0.516. The second-order valence-electron chi connectivity index (χ2n) is 4.08. The number of hydrogen-bond donors (Lipinski definition) is 3. The molecule has 6 heteroatoms. The van der Waals surface area contributed by atoms with Crippen molar-refractivity contribution in [3.63, 3.8) is 0 Å². The standard InChI is InChI=1S/C13H18N2O4/c1-10-5-2-3-6-11(10)9-19-15-12(16)7-4-8-14-13(17)18/h2-3,5-6,14H,4,7-9H2,1H3,(H,15,16)(H,17,18). The molecule has 19 heavy (non-hydrogen) atoms. The molecule has 0 saturated heterocycles. The van der Waals surface area contributed by atoms with Gasteiger partial charge in [-0.15, -0.1) is 0 Å². The van der Waals surface area contributed by atoms with Gasteiger partial charge in [-0.1, -0.05) is 24.3 Å². The van der Waals surface area contributed by atoms with Gasteiger partial charge < -0.3 is 10.4 Å². The van der Waals surface area contributed by atoms with Crippen LogP contribution >= 0.6 is 0 Å². The van der Waals surface area contributed by atoms with E-state index in [1.165, 1.54) is 0 Å². The lowest BCUT2D eigenvalue weighted by Gasteiger charge is -2.08. The number of aryl methyl sites for hydroxylation is 1. The molecule has 0 saturated carbocycles. The first-order valence-corrected chi connectivity index (χ1v) is 6.01. The fourth-order valence-corrected chi connectivity index (χ4v) is 1.46. The summed E-state index contributed by atoms with van der Waals surface area (Å²) in [7, 11) is 0. The van der Waals surface area contributed by atoms with Gasteiger partial charge in [-0.25, -0.2) is 10.3 Å². The smallest absolute Gasteiger partial charge is 0.404 e. The molecule has 0 radical (unpaired) electrons. The molecule has 0 spiro atoms. The van der Waals surface area contributed by atoms with E-state index in [9.17, 15) is 9.59 Å². The van der Waals surface area contributed by atoms with Crippen molar-refractivity contribution in [2.75, 3.05) is 6.54 Å². The van der Waals surface area contributed by atoms with E-state index in [4.69, 9.17) is 9.94 Å². The predicted octanol–water partition coefficient (Wildman–Crippen LogP) is 1.59. The average Bonchev–Trinajstić information content (AvgIpc) is 2.37. The highest BCUT2D eigenvalue weighted by molar-refractivity contribution is 5.74. The molecular formula is C13H18N2O4. The van der Waals surface area contributed by atoms with Crippen LogP contribution in [0.25, 0.3) is 0 Å². The Morgan fingerprint density at radius 2 is 2.05 bits per heavy atom. The SMILES string of the molecule is Cc1ccccc1CONC(=O)CCCNC(=O)O. The third kappa shape index (κ3) is 6.42. The summed E-state index contributed by atoms with van der Waals surface area (Å²) in [6.07, 6.45) is -0.434. The second-order valence-corrected chi connectivity index (χ2v) is 4.08. The van der Waals surface area contributed by atoms with Gasteiger partial charge in [-0.2, -0.15) is 0 Å². The van der Waals surface area contributed by atoms with Gasteiger partial charge in [0.2, 0.25) is 5.91 Å². The first-order valence-electron chi connectivity index (χ1n) is 6.01. The van der Waals surface area contributed by atoms with E-state index in [1.807, 2.05) is 31.2 Å². The fraction of sp³-hybridized carbons (Fsp3) is 0.385. The van der Waals surface area contributed by atoms with Gasteiger partial charge in [0.05, 0.1) is 0 Å². The van der Waals surface area contributed by atoms with Gasteiger partial charge in [-0.3, -0.25) is 9.63 Å². The average molecular weight is 266 g/mol. The van der Waals surface area contributed by atoms with E-state index < -0.39 is 6.09 Å². The molecule has 1 aromatic rings. The van der Waals surface area contributed by atoms with Gasteiger partial charge >= 0.3 is 6.09 Å².